The Morgan fingerprint density at radius 1 is 1.53 bits per heavy atom. The van der Waals surface area contributed by atoms with Gasteiger partial charge in [0.1, 0.15) is 4.75 Å². The van der Waals surface area contributed by atoms with Crippen LogP contribution in [-0.2, 0) is 16.1 Å². The summed E-state index contributed by atoms with van der Waals surface area (Å²) in [4.78, 5) is 2.68. The first kappa shape index (κ1) is 16.6. The van der Waals surface area contributed by atoms with Crippen LogP contribution >= 0.6 is 0 Å². The van der Waals surface area contributed by atoms with Gasteiger partial charge in [0, 0.05) is 16.3 Å². The second-order valence-corrected chi connectivity index (χ2v) is 7.70. The van der Waals surface area contributed by atoms with E-state index in [9.17, 15) is 9.66 Å². The lowest BCUT2D eigenvalue weighted by atomic mass is 10.0. The fourth-order valence-electron chi connectivity index (χ4n) is 1.79. The van der Waals surface area contributed by atoms with Crippen LogP contribution in [0.15, 0.2) is 5.11 Å². The monoisotopic (exact) mass is 290 g/mol. The van der Waals surface area contributed by atoms with E-state index < -0.39 is 23.7 Å². The normalized spacial score (nSPS) is 31.4. The van der Waals surface area contributed by atoms with Crippen LogP contribution in [0.1, 0.15) is 40.5 Å². The van der Waals surface area contributed by atoms with E-state index in [1.54, 1.807) is 0 Å². The number of hydrogen-bond acceptors (Lipinski definition) is 5. The first-order chi connectivity index (χ1) is 8.75. The summed E-state index contributed by atoms with van der Waals surface area (Å²) in [5.41, 5.74) is 8.36. The third-order valence-corrected chi connectivity index (χ3v) is 4.70. The summed E-state index contributed by atoms with van der Waals surface area (Å²) in [6.45, 7) is 7.53. The first-order valence-electron chi connectivity index (χ1n) is 6.31. The molecule has 0 aromatic rings. The highest BCUT2D eigenvalue weighted by atomic mass is 32.2. The minimum absolute atomic E-state index is 0.151. The molecule has 0 radical (unpaired) electrons. The third kappa shape index (κ3) is 4.83. The zero-order valence-electron chi connectivity index (χ0n) is 11.7. The summed E-state index contributed by atoms with van der Waals surface area (Å²) in [5, 5.41) is 13.2. The molecule has 0 saturated carbocycles. The smallest absolute Gasteiger partial charge is 0.163 e. The van der Waals surface area contributed by atoms with Crippen LogP contribution in [0, 0.1) is 0 Å². The summed E-state index contributed by atoms with van der Waals surface area (Å²) < 4.78 is 20.0. The Labute approximate surface area is 116 Å². The van der Waals surface area contributed by atoms with Crippen molar-refractivity contribution in [2.45, 2.75) is 69.8 Å². The summed E-state index contributed by atoms with van der Waals surface area (Å²) >= 11 is -1.19. The Balaban J connectivity index is 2.52. The second-order valence-electron chi connectivity index (χ2n) is 5.70. The van der Waals surface area contributed by atoms with E-state index >= 15 is 0 Å². The van der Waals surface area contributed by atoms with Crippen molar-refractivity contribution in [1.82, 2.24) is 4.72 Å². The zero-order valence-corrected chi connectivity index (χ0v) is 12.6. The molecule has 1 heterocycles. The van der Waals surface area contributed by atoms with E-state index in [4.69, 9.17) is 10.3 Å². The lowest BCUT2D eigenvalue weighted by molar-refractivity contribution is -0.177. The molecule has 1 rings (SSSR count). The molecule has 5 unspecified atom stereocenters. The van der Waals surface area contributed by atoms with Crippen molar-refractivity contribution in [2.75, 3.05) is 0 Å². The van der Waals surface area contributed by atoms with Gasteiger partial charge in [-0.25, -0.2) is 0 Å². The van der Waals surface area contributed by atoms with Gasteiger partial charge in [0.15, 0.2) is 6.29 Å². The van der Waals surface area contributed by atoms with Crippen molar-refractivity contribution in [2.24, 2.45) is 5.11 Å². The summed E-state index contributed by atoms with van der Waals surface area (Å²) in [6.07, 6.45) is -0.131. The van der Waals surface area contributed by atoms with E-state index in [0.29, 0.717) is 12.8 Å². The van der Waals surface area contributed by atoms with Crippen LogP contribution in [-0.4, -0.2) is 38.9 Å². The maximum absolute atomic E-state index is 12.0. The molecule has 0 aromatic heterocycles. The SMILES string of the molecule is CC(N[S+]([O-])C(C)(C)C)C1CCC(N=[N+]=[N-])C(O)O1. The second kappa shape index (κ2) is 6.78. The van der Waals surface area contributed by atoms with E-state index in [1.165, 1.54) is 0 Å². The molecule has 1 saturated heterocycles. The Bertz CT molecular complexity index is 343. The standard InChI is InChI=1S/C11H22N4O3S/c1-7(14-19(17)11(2,3)4)9-6-5-8(13-15-12)10(16)18-9/h7-10,14,16H,5-6H2,1-4H3. The Kier molecular flexibility index (Phi) is 5.91. The van der Waals surface area contributed by atoms with Crippen molar-refractivity contribution in [3.8, 4) is 0 Å². The van der Waals surface area contributed by atoms with Crippen molar-refractivity contribution >= 4 is 11.4 Å². The van der Waals surface area contributed by atoms with Crippen LogP contribution in [0.5, 0.6) is 0 Å². The van der Waals surface area contributed by atoms with Gasteiger partial charge in [0.2, 0.25) is 0 Å². The molecular formula is C11H22N4O3S. The number of aliphatic hydroxyl groups is 1. The number of azide groups is 1. The lowest BCUT2D eigenvalue weighted by Crippen LogP contribution is -2.51. The molecule has 2 N–H and O–H groups in total. The molecule has 7 nitrogen and oxygen atoms in total. The number of ether oxygens (including phenoxy) is 1. The third-order valence-electron chi connectivity index (χ3n) is 3.00. The summed E-state index contributed by atoms with van der Waals surface area (Å²) in [7, 11) is 0. The summed E-state index contributed by atoms with van der Waals surface area (Å²) in [6, 6.07) is -0.691. The van der Waals surface area contributed by atoms with E-state index in [-0.39, 0.29) is 16.9 Å². The van der Waals surface area contributed by atoms with E-state index in [2.05, 4.69) is 14.7 Å². The van der Waals surface area contributed by atoms with Crippen LogP contribution < -0.4 is 4.72 Å². The minimum Gasteiger partial charge on any atom is -0.598 e. The van der Waals surface area contributed by atoms with Crippen molar-refractivity contribution in [1.29, 1.82) is 0 Å². The topological polar surface area (TPSA) is 113 Å². The van der Waals surface area contributed by atoms with Crippen LogP contribution in [0.25, 0.3) is 10.4 Å². The average molecular weight is 290 g/mol. The van der Waals surface area contributed by atoms with Gasteiger partial charge in [-0.1, -0.05) is 5.11 Å². The fraction of sp³-hybridized carbons (Fsp3) is 1.00. The van der Waals surface area contributed by atoms with E-state index in [0.717, 1.165) is 0 Å². The molecule has 1 aliphatic heterocycles. The maximum Gasteiger partial charge on any atom is 0.163 e. The molecule has 1 aliphatic rings. The van der Waals surface area contributed by atoms with Gasteiger partial charge in [-0.05, 0) is 46.1 Å². The van der Waals surface area contributed by atoms with Gasteiger partial charge in [-0.15, -0.1) is 4.72 Å². The minimum atomic E-state index is -1.19. The lowest BCUT2D eigenvalue weighted by Gasteiger charge is -2.35. The molecule has 5 atom stereocenters. The highest BCUT2D eigenvalue weighted by Gasteiger charge is 2.35. The molecule has 19 heavy (non-hydrogen) atoms. The maximum atomic E-state index is 12.0. The number of nitrogens with one attached hydrogen (secondary N) is 1. The van der Waals surface area contributed by atoms with Gasteiger partial charge < -0.3 is 14.4 Å². The quantitative estimate of drug-likeness (QED) is 0.354. The number of nitrogens with zero attached hydrogens (tertiary/aromatic N) is 3. The molecule has 0 spiro atoms. The Morgan fingerprint density at radius 3 is 2.63 bits per heavy atom. The molecule has 0 aliphatic carbocycles. The largest absolute Gasteiger partial charge is 0.598 e. The molecule has 0 bridgehead atoms. The first-order valence-corrected chi connectivity index (χ1v) is 7.46. The van der Waals surface area contributed by atoms with Gasteiger partial charge in [0.05, 0.1) is 18.2 Å². The number of rotatable bonds is 4. The van der Waals surface area contributed by atoms with Crippen LogP contribution in [0.2, 0.25) is 0 Å². The number of aliphatic hydroxyl groups excluding tert-OH is 1. The predicted molar refractivity (Wildman–Crippen MR) is 73.5 cm³/mol. The average Bonchev–Trinajstić information content (AvgIpc) is 2.30. The Morgan fingerprint density at radius 2 is 2.16 bits per heavy atom. The predicted octanol–water partition coefficient (Wildman–Crippen LogP) is 1.60. The Hall–Kier alpha value is -0.500. The fourth-order valence-corrected chi connectivity index (χ4v) is 2.63. The molecular weight excluding hydrogens is 268 g/mol. The van der Waals surface area contributed by atoms with Gasteiger partial charge in [-0.3, -0.25) is 0 Å². The van der Waals surface area contributed by atoms with Gasteiger partial charge in [0.25, 0.3) is 0 Å². The van der Waals surface area contributed by atoms with Crippen molar-refractivity contribution < 1.29 is 14.4 Å². The molecule has 8 heteroatoms. The molecule has 0 aromatic carbocycles. The number of hydrogen-bond donors (Lipinski definition) is 2. The van der Waals surface area contributed by atoms with Gasteiger partial charge >= 0.3 is 0 Å². The van der Waals surface area contributed by atoms with Crippen molar-refractivity contribution in [3.63, 3.8) is 0 Å². The van der Waals surface area contributed by atoms with Crippen LogP contribution in [0.4, 0.5) is 0 Å². The molecule has 0 amide bonds. The molecule has 1 fully saturated rings. The van der Waals surface area contributed by atoms with E-state index in [1.807, 2.05) is 27.7 Å². The van der Waals surface area contributed by atoms with Crippen LogP contribution in [0.3, 0.4) is 0 Å². The van der Waals surface area contributed by atoms with Crippen molar-refractivity contribution in [3.05, 3.63) is 10.4 Å². The molecule has 110 valence electrons. The highest BCUT2D eigenvalue weighted by Crippen LogP contribution is 2.24. The zero-order chi connectivity index (χ0) is 14.6. The highest BCUT2D eigenvalue weighted by molar-refractivity contribution is 7.90. The summed E-state index contributed by atoms with van der Waals surface area (Å²) in [5.74, 6) is 0. The van der Waals surface area contributed by atoms with Gasteiger partial charge in [-0.2, -0.15) is 0 Å².